The van der Waals surface area contributed by atoms with Crippen LogP contribution in [0, 0.1) is 3.80 Å². The molecule has 0 unspecified atom stereocenters. The van der Waals surface area contributed by atoms with Gasteiger partial charge < -0.3 is 5.73 Å². The van der Waals surface area contributed by atoms with Crippen LogP contribution in [-0.2, 0) is 39.5 Å². The van der Waals surface area contributed by atoms with E-state index in [1.165, 1.54) is 9.37 Å². The smallest absolute Gasteiger partial charge is 0.0178 e. The number of hydrogen-bond acceptors (Lipinski definition) is 1. The molecular weight excluding hydrogens is 393 g/mol. The number of nitrogens with two attached hydrogens (primary N) is 1. The van der Waals surface area contributed by atoms with Crippen molar-refractivity contribution in [1.82, 2.24) is 9.13 Å². The molecule has 0 spiro atoms. The van der Waals surface area contributed by atoms with Crippen LogP contribution in [0.4, 0.5) is 0 Å². The van der Waals surface area contributed by atoms with Crippen molar-refractivity contribution in [3.63, 3.8) is 0 Å². The second-order valence-electron chi connectivity index (χ2n) is 3.63. The first-order valence-corrected chi connectivity index (χ1v) is 6.73. The predicted octanol–water partition coefficient (Wildman–Crippen LogP) is 2.07. The SMILES string of the molecule is CCn1ccn(C)[c]1=[Pt].NCc1ccccc1. The molecule has 0 amide bonds. The van der Waals surface area contributed by atoms with Crippen LogP contribution in [0.5, 0.6) is 0 Å². The van der Waals surface area contributed by atoms with E-state index in [0.29, 0.717) is 6.54 Å². The van der Waals surface area contributed by atoms with Gasteiger partial charge >= 0.3 is 65.2 Å². The average Bonchev–Trinajstić information content (AvgIpc) is 2.71. The maximum absolute atomic E-state index is 5.35. The minimum atomic E-state index is 0.640. The summed E-state index contributed by atoms with van der Waals surface area (Å²) < 4.78 is 5.57. The van der Waals surface area contributed by atoms with E-state index in [-0.39, 0.29) is 0 Å². The first kappa shape index (κ1) is 14.1. The largest absolute Gasteiger partial charge is 0.326 e. The van der Waals surface area contributed by atoms with Gasteiger partial charge in [-0.3, -0.25) is 0 Å². The Morgan fingerprint density at radius 2 is 1.82 bits per heavy atom. The minimum Gasteiger partial charge on any atom is -0.326 e. The molecule has 2 aromatic rings. The Morgan fingerprint density at radius 1 is 1.18 bits per heavy atom. The molecule has 1 aromatic heterocycles. The Labute approximate surface area is 113 Å². The molecule has 0 aliphatic heterocycles. The van der Waals surface area contributed by atoms with Gasteiger partial charge in [-0.2, -0.15) is 0 Å². The molecule has 4 heteroatoms. The van der Waals surface area contributed by atoms with Crippen molar-refractivity contribution in [3.8, 4) is 0 Å². The Hall–Kier alpha value is -0.922. The second kappa shape index (κ2) is 7.41. The molecule has 17 heavy (non-hydrogen) atoms. The Kier molecular flexibility index (Phi) is 6.17. The maximum atomic E-state index is 5.35. The van der Waals surface area contributed by atoms with Gasteiger partial charge in [0.05, 0.1) is 0 Å². The topological polar surface area (TPSA) is 35.9 Å². The monoisotopic (exact) mass is 412 g/mol. The van der Waals surface area contributed by atoms with Crippen LogP contribution in [0.1, 0.15) is 12.5 Å². The van der Waals surface area contributed by atoms with Crippen LogP contribution in [0.3, 0.4) is 0 Å². The van der Waals surface area contributed by atoms with E-state index in [4.69, 9.17) is 5.73 Å². The molecule has 0 atom stereocenters. The van der Waals surface area contributed by atoms with E-state index in [1.807, 2.05) is 30.3 Å². The number of aromatic nitrogens is 2. The second-order valence-corrected chi connectivity index (χ2v) is 4.64. The van der Waals surface area contributed by atoms with E-state index in [9.17, 15) is 0 Å². The molecule has 0 aliphatic carbocycles. The van der Waals surface area contributed by atoms with Crippen molar-refractivity contribution in [2.75, 3.05) is 0 Å². The summed E-state index contributed by atoms with van der Waals surface area (Å²) in [6.07, 6.45) is 4.15. The summed E-state index contributed by atoms with van der Waals surface area (Å²) in [5.74, 6) is 0. The normalized spacial score (nSPS) is 9.71. The number of rotatable bonds is 2. The van der Waals surface area contributed by atoms with Crippen molar-refractivity contribution < 1.29 is 19.4 Å². The zero-order valence-corrected chi connectivity index (χ0v) is 12.5. The van der Waals surface area contributed by atoms with Crippen LogP contribution in [0.2, 0.25) is 0 Å². The van der Waals surface area contributed by atoms with Crippen LogP contribution in [0.15, 0.2) is 42.7 Å². The van der Waals surface area contributed by atoms with E-state index in [0.717, 1.165) is 6.54 Å². The number of hydrogen-bond donors (Lipinski definition) is 1. The van der Waals surface area contributed by atoms with Crippen molar-refractivity contribution in [2.45, 2.75) is 20.0 Å². The quantitative estimate of drug-likeness (QED) is 0.806. The Balaban J connectivity index is 0.000000171. The van der Waals surface area contributed by atoms with Gasteiger partial charge in [0.15, 0.2) is 0 Å². The zero-order valence-electron chi connectivity index (χ0n) is 10.2. The third kappa shape index (κ3) is 4.45. The van der Waals surface area contributed by atoms with Crippen LogP contribution in [0.25, 0.3) is 0 Å². The fraction of sp³-hybridized carbons (Fsp3) is 0.308. The summed E-state index contributed by atoms with van der Waals surface area (Å²) in [5, 5.41) is 0. The Bertz CT molecular complexity index is 485. The van der Waals surface area contributed by atoms with Crippen molar-refractivity contribution in [1.29, 1.82) is 0 Å². The third-order valence-electron chi connectivity index (χ3n) is 2.38. The van der Waals surface area contributed by atoms with Crippen LogP contribution < -0.4 is 5.73 Å². The Morgan fingerprint density at radius 3 is 2.12 bits per heavy atom. The maximum Gasteiger partial charge on any atom is 0.0178 e. The first-order valence-electron chi connectivity index (χ1n) is 5.60. The molecule has 3 nitrogen and oxygen atoms in total. The van der Waals surface area contributed by atoms with E-state index in [2.05, 4.69) is 54.9 Å². The van der Waals surface area contributed by atoms with Gasteiger partial charge in [-0.15, -0.1) is 0 Å². The molecule has 0 bridgehead atoms. The number of nitrogens with zero attached hydrogens (tertiary/aromatic N) is 2. The summed E-state index contributed by atoms with van der Waals surface area (Å²) in [7, 11) is 2.05. The minimum absolute atomic E-state index is 0.640. The van der Waals surface area contributed by atoms with Crippen LogP contribution >= 0.6 is 0 Å². The molecule has 0 saturated carbocycles. The van der Waals surface area contributed by atoms with Crippen molar-refractivity contribution in [2.24, 2.45) is 12.8 Å². The molecular formula is C13H19N3Pt. The summed E-state index contributed by atoms with van der Waals surface area (Å²) in [6.45, 7) is 3.84. The van der Waals surface area contributed by atoms with Gasteiger partial charge in [-0.1, -0.05) is 30.3 Å². The molecule has 1 heterocycles. The molecule has 2 rings (SSSR count). The van der Waals surface area contributed by atoms with Crippen molar-refractivity contribution >= 4 is 0 Å². The molecule has 0 aliphatic rings. The fourth-order valence-electron chi connectivity index (χ4n) is 1.34. The fourth-order valence-corrected chi connectivity index (χ4v) is 2.04. The third-order valence-corrected chi connectivity index (χ3v) is 3.83. The average molecular weight is 412 g/mol. The molecule has 0 saturated heterocycles. The van der Waals surface area contributed by atoms with Crippen molar-refractivity contribution in [3.05, 3.63) is 52.1 Å². The standard InChI is InChI=1S/C7H9N.C6H10N2.Pt/c8-6-7-4-2-1-3-5-7;1-3-8-5-4-7(2)6-8;/h1-5H,6,8H2;4-5H,3H2,1-2H3;. The van der Waals surface area contributed by atoms with Gasteiger partial charge in [0.1, 0.15) is 0 Å². The number of aryl methyl sites for hydroxylation is 2. The molecule has 0 radical (unpaired) electrons. The summed E-state index contributed by atoms with van der Waals surface area (Å²) in [5.41, 5.74) is 6.54. The molecule has 2 N–H and O–H groups in total. The van der Waals surface area contributed by atoms with Gasteiger partial charge in [-0.05, 0) is 5.56 Å². The van der Waals surface area contributed by atoms with E-state index in [1.54, 1.807) is 0 Å². The molecule has 1 aromatic carbocycles. The van der Waals surface area contributed by atoms with Gasteiger partial charge in [0.2, 0.25) is 0 Å². The van der Waals surface area contributed by atoms with Gasteiger partial charge in [0, 0.05) is 6.54 Å². The van der Waals surface area contributed by atoms with Gasteiger partial charge in [-0.25, -0.2) is 0 Å². The molecule has 96 valence electrons. The number of benzene rings is 1. The first-order chi connectivity index (χ1) is 8.19. The summed E-state index contributed by atoms with van der Waals surface area (Å²) >= 11 is 2.31. The number of imidazole rings is 1. The molecule has 0 fully saturated rings. The van der Waals surface area contributed by atoms with Crippen LogP contribution in [-0.4, -0.2) is 9.13 Å². The van der Waals surface area contributed by atoms with E-state index < -0.39 is 0 Å². The summed E-state index contributed by atoms with van der Waals surface area (Å²) in [6, 6.07) is 9.99. The summed E-state index contributed by atoms with van der Waals surface area (Å²) in [4.78, 5) is 0. The zero-order chi connectivity index (χ0) is 12.7. The van der Waals surface area contributed by atoms with E-state index >= 15 is 0 Å². The predicted molar refractivity (Wildman–Crippen MR) is 66.7 cm³/mol. The van der Waals surface area contributed by atoms with Gasteiger partial charge in [0.25, 0.3) is 0 Å².